The summed E-state index contributed by atoms with van der Waals surface area (Å²) in [5.41, 5.74) is 7.80. The van der Waals surface area contributed by atoms with Crippen LogP contribution in [0, 0.1) is 6.92 Å². The van der Waals surface area contributed by atoms with Crippen molar-refractivity contribution in [2.45, 2.75) is 39.0 Å². The van der Waals surface area contributed by atoms with E-state index < -0.39 is 29.7 Å². The lowest BCUT2D eigenvalue weighted by Crippen LogP contribution is -2.56. The molecule has 1 aliphatic rings. The number of anilines is 4. The number of ether oxygens (including phenoxy) is 2. The molecule has 1 aliphatic heterocycles. The van der Waals surface area contributed by atoms with E-state index in [1.807, 2.05) is 32.9 Å². The molecule has 0 saturated heterocycles. The summed E-state index contributed by atoms with van der Waals surface area (Å²) in [7, 11) is 0. The quantitative estimate of drug-likeness (QED) is 0.209. The van der Waals surface area contributed by atoms with Gasteiger partial charge in [-0.1, -0.05) is 35.9 Å². The third-order valence-corrected chi connectivity index (χ3v) is 6.56. The highest BCUT2D eigenvalue weighted by molar-refractivity contribution is 6.12. The molecule has 10 nitrogen and oxygen atoms in total. The van der Waals surface area contributed by atoms with Gasteiger partial charge in [-0.25, -0.2) is 4.79 Å². The van der Waals surface area contributed by atoms with Crippen LogP contribution < -0.4 is 26.6 Å². The molecule has 1 heterocycles. The Balaban J connectivity index is 1.69. The second-order valence-corrected chi connectivity index (χ2v) is 9.47. The SMILES string of the molecule is CCOC(CN1C(=O)C(CC(=O)Nc2ccc(N)cc2)(NC(=O)Nc2ccc(C)cc2)c2ccccc21)OCC. The molecule has 0 aliphatic carbocycles. The van der Waals surface area contributed by atoms with Gasteiger partial charge in [-0.05, 0) is 63.2 Å². The predicted molar refractivity (Wildman–Crippen MR) is 155 cm³/mol. The summed E-state index contributed by atoms with van der Waals surface area (Å²) >= 11 is 0. The van der Waals surface area contributed by atoms with Crippen LogP contribution in [0.4, 0.5) is 27.5 Å². The van der Waals surface area contributed by atoms with Gasteiger partial charge in [0.15, 0.2) is 11.8 Å². The van der Waals surface area contributed by atoms with E-state index in [0.717, 1.165) is 5.56 Å². The van der Waals surface area contributed by atoms with Crippen LogP contribution >= 0.6 is 0 Å². The number of nitrogens with two attached hydrogens (primary N) is 1. The van der Waals surface area contributed by atoms with Gasteiger partial charge in [0.1, 0.15) is 0 Å². The molecular formula is C30H35N5O5. The van der Waals surface area contributed by atoms with Crippen LogP contribution in [0.3, 0.4) is 0 Å². The van der Waals surface area contributed by atoms with Gasteiger partial charge < -0.3 is 36.1 Å². The van der Waals surface area contributed by atoms with Gasteiger partial charge in [0.2, 0.25) is 5.91 Å². The number of hydrogen-bond donors (Lipinski definition) is 4. The molecule has 4 amide bonds. The van der Waals surface area contributed by atoms with Gasteiger partial charge in [-0.3, -0.25) is 9.59 Å². The highest BCUT2D eigenvalue weighted by Crippen LogP contribution is 2.43. The summed E-state index contributed by atoms with van der Waals surface area (Å²) in [6.07, 6.45) is -1.04. The maximum atomic E-state index is 14.3. The number of urea groups is 1. The largest absolute Gasteiger partial charge is 0.399 e. The van der Waals surface area contributed by atoms with Crippen molar-refractivity contribution in [1.29, 1.82) is 0 Å². The maximum absolute atomic E-state index is 14.3. The molecular weight excluding hydrogens is 510 g/mol. The Morgan fingerprint density at radius 1 is 0.900 bits per heavy atom. The van der Waals surface area contributed by atoms with Crippen LogP contribution in [-0.4, -0.2) is 43.9 Å². The minimum Gasteiger partial charge on any atom is -0.399 e. The maximum Gasteiger partial charge on any atom is 0.320 e. The van der Waals surface area contributed by atoms with Crippen LogP contribution in [0.1, 0.15) is 31.4 Å². The lowest BCUT2D eigenvalue weighted by atomic mass is 9.87. The van der Waals surface area contributed by atoms with Crippen molar-refractivity contribution >= 4 is 40.6 Å². The Bertz CT molecular complexity index is 1280. The molecule has 0 aromatic heterocycles. The number of nitrogens with one attached hydrogen (secondary N) is 3. The van der Waals surface area contributed by atoms with Gasteiger partial charge in [-0.2, -0.15) is 0 Å². The molecule has 0 bridgehead atoms. The normalized spacial score (nSPS) is 16.1. The zero-order chi connectivity index (χ0) is 28.7. The van der Waals surface area contributed by atoms with Gasteiger partial charge in [0, 0.05) is 35.8 Å². The van der Waals surface area contributed by atoms with Crippen molar-refractivity contribution in [2.24, 2.45) is 0 Å². The van der Waals surface area contributed by atoms with Gasteiger partial charge in [0.25, 0.3) is 5.91 Å². The summed E-state index contributed by atoms with van der Waals surface area (Å²) in [4.78, 5) is 42.5. The number of benzene rings is 3. The Labute approximate surface area is 233 Å². The molecule has 1 atom stereocenters. The van der Waals surface area contributed by atoms with E-state index in [1.54, 1.807) is 60.7 Å². The summed E-state index contributed by atoms with van der Waals surface area (Å²) < 4.78 is 11.4. The summed E-state index contributed by atoms with van der Waals surface area (Å²) in [6, 6.07) is 20.4. The van der Waals surface area contributed by atoms with Crippen LogP contribution in [-0.2, 0) is 24.6 Å². The number of hydrogen-bond acceptors (Lipinski definition) is 6. The van der Waals surface area contributed by atoms with Gasteiger partial charge in [-0.15, -0.1) is 0 Å². The van der Waals surface area contributed by atoms with Crippen molar-refractivity contribution in [1.82, 2.24) is 5.32 Å². The minimum atomic E-state index is -1.69. The Kier molecular flexibility index (Phi) is 9.03. The number of carbonyl (C=O) groups is 3. The molecule has 0 radical (unpaired) electrons. The molecule has 0 fully saturated rings. The molecule has 3 aromatic rings. The highest BCUT2D eigenvalue weighted by atomic mass is 16.7. The molecule has 0 spiro atoms. The van der Waals surface area contributed by atoms with E-state index in [4.69, 9.17) is 15.2 Å². The number of carbonyl (C=O) groups excluding carboxylic acids is 3. The molecule has 0 saturated carbocycles. The highest BCUT2D eigenvalue weighted by Gasteiger charge is 2.53. The first-order chi connectivity index (χ1) is 19.3. The molecule has 4 rings (SSSR count). The molecule has 40 heavy (non-hydrogen) atoms. The van der Waals surface area contributed by atoms with Crippen molar-refractivity contribution in [3.05, 3.63) is 83.9 Å². The number of nitrogen functional groups attached to an aromatic ring is 1. The van der Waals surface area contributed by atoms with E-state index >= 15 is 0 Å². The van der Waals surface area contributed by atoms with Crippen molar-refractivity contribution in [3.8, 4) is 0 Å². The first-order valence-electron chi connectivity index (χ1n) is 13.2. The monoisotopic (exact) mass is 545 g/mol. The second kappa shape index (κ2) is 12.6. The van der Waals surface area contributed by atoms with Gasteiger partial charge >= 0.3 is 6.03 Å². The number of nitrogens with zero attached hydrogens (tertiary/aromatic N) is 1. The first kappa shape index (κ1) is 28.6. The second-order valence-electron chi connectivity index (χ2n) is 9.47. The summed E-state index contributed by atoms with van der Waals surface area (Å²) in [5, 5.41) is 8.44. The number of amides is 4. The Hall–Kier alpha value is -4.41. The summed E-state index contributed by atoms with van der Waals surface area (Å²) in [6.45, 7) is 6.49. The fourth-order valence-corrected chi connectivity index (χ4v) is 4.72. The molecule has 1 unspecified atom stereocenters. The van der Waals surface area contributed by atoms with Crippen molar-refractivity contribution in [2.75, 3.05) is 41.0 Å². The average Bonchev–Trinajstić information content (AvgIpc) is 3.14. The Morgan fingerprint density at radius 3 is 2.15 bits per heavy atom. The lowest BCUT2D eigenvalue weighted by molar-refractivity contribution is -0.138. The fraction of sp³-hybridized carbons (Fsp3) is 0.300. The van der Waals surface area contributed by atoms with Crippen molar-refractivity contribution < 1.29 is 23.9 Å². The van der Waals surface area contributed by atoms with E-state index in [-0.39, 0.29) is 13.0 Å². The predicted octanol–water partition coefficient (Wildman–Crippen LogP) is 4.37. The summed E-state index contributed by atoms with van der Waals surface area (Å²) in [5.74, 6) is -0.929. The molecule has 10 heteroatoms. The molecule has 5 N–H and O–H groups in total. The zero-order valence-corrected chi connectivity index (χ0v) is 22.9. The van der Waals surface area contributed by atoms with Crippen molar-refractivity contribution in [3.63, 3.8) is 0 Å². The fourth-order valence-electron chi connectivity index (χ4n) is 4.72. The van der Waals surface area contributed by atoms with Crippen LogP contribution in [0.5, 0.6) is 0 Å². The van der Waals surface area contributed by atoms with E-state index in [2.05, 4.69) is 16.0 Å². The van der Waals surface area contributed by atoms with E-state index in [1.165, 1.54) is 4.90 Å². The van der Waals surface area contributed by atoms with Crippen LogP contribution in [0.25, 0.3) is 0 Å². The molecule has 210 valence electrons. The number of rotatable bonds is 11. The van der Waals surface area contributed by atoms with Crippen LogP contribution in [0.15, 0.2) is 72.8 Å². The van der Waals surface area contributed by atoms with Crippen LogP contribution in [0.2, 0.25) is 0 Å². The third kappa shape index (κ3) is 6.41. The number of fused-ring (bicyclic) bond motifs is 1. The van der Waals surface area contributed by atoms with E-state index in [0.29, 0.717) is 41.5 Å². The average molecular weight is 546 g/mol. The topological polar surface area (TPSA) is 135 Å². The molecule has 3 aromatic carbocycles. The Morgan fingerprint density at radius 2 is 1.50 bits per heavy atom. The number of aryl methyl sites for hydroxylation is 1. The smallest absolute Gasteiger partial charge is 0.320 e. The third-order valence-electron chi connectivity index (χ3n) is 6.56. The van der Waals surface area contributed by atoms with Gasteiger partial charge in [0.05, 0.1) is 18.7 Å². The minimum absolute atomic E-state index is 0.0835. The lowest BCUT2D eigenvalue weighted by Gasteiger charge is -2.30. The first-order valence-corrected chi connectivity index (χ1v) is 13.2. The standard InChI is InChI=1S/C30H35N5O5/c1-4-39-27(40-5-2)19-35-25-9-7-6-8-24(25)30(28(35)37,18-26(36)32-22-16-12-21(31)13-17-22)34-29(38)33-23-14-10-20(3)11-15-23/h6-17,27H,4-5,18-19,31H2,1-3H3,(H,32,36)(H2,33,34,38). The van der Waals surface area contributed by atoms with E-state index in [9.17, 15) is 14.4 Å². The zero-order valence-electron chi connectivity index (χ0n) is 22.9. The number of para-hydroxylation sites is 1.